The molecule has 0 aromatic rings. The number of thioether (sulfide) groups is 1. The molecule has 3 N–H and O–H groups in total. The first-order valence-corrected chi connectivity index (χ1v) is 7.07. The second-order valence-corrected chi connectivity index (χ2v) is 7.12. The number of hydrogen-bond donors (Lipinski definition) is 2. The number of methoxy groups -OCH3 is 1. The van der Waals surface area contributed by atoms with Gasteiger partial charge in [-0.3, -0.25) is 11.3 Å². The minimum Gasteiger partial charge on any atom is -0.379 e. The Balaban J connectivity index is 2.49. The summed E-state index contributed by atoms with van der Waals surface area (Å²) in [5.74, 6) is 6.97. The van der Waals surface area contributed by atoms with Crippen LogP contribution in [0.1, 0.15) is 46.5 Å². The third kappa shape index (κ3) is 3.62. The Morgan fingerprint density at radius 3 is 2.69 bits per heavy atom. The van der Waals surface area contributed by atoms with Gasteiger partial charge in [0.2, 0.25) is 0 Å². The summed E-state index contributed by atoms with van der Waals surface area (Å²) < 4.78 is 5.76. The predicted molar refractivity (Wildman–Crippen MR) is 71.5 cm³/mol. The maximum Gasteiger partial charge on any atom is 0.0623 e. The number of ether oxygens (including phenoxy) is 1. The lowest BCUT2D eigenvalue weighted by atomic mass is 9.89. The molecule has 3 nitrogen and oxygen atoms in total. The van der Waals surface area contributed by atoms with Crippen molar-refractivity contribution in [1.29, 1.82) is 0 Å². The van der Waals surface area contributed by atoms with Crippen molar-refractivity contribution in [3.05, 3.63) is 0 Å². The zero-order valence-electron chi connectivity index (χ0n) is 11.0. The van der Waals surface area contributed by atoms with E-state index in [1.165, 1.54) is 18.6 Å². The molecule has 0 aliphatic carbocycles. The van der Waals surface area contributed by atoms with Crippen LogP contribution in [0, 0.1) is 0 Å². The molecule has 1 fully saturated rings. The molecule has 1 aliphatic heterocycles. The van der Waals surface area contributed by atoms with Crippen molar-refractivity contribution >= 4 is 11.8 Å². The summed E-state index contributed by atoms with van der Waals surface area (Å²) in [5.41, 5.74) is 2.96. The monoisotopic (exact) mass is 246 g/mol. The highest BCUT2D eigenvalue weighted by Gasteiger charge is 2.37. The van der Waals surface area contributed by atoms with Gasteiger partial charge in [-0.05, 0) is 52.2 Å². The standard InChI is InChI=1S/C12H26N2OS/c1-11(2,15-4)8-6-10(14-13)12(3)7-5-9-16-12/h10,14H,5-9,13H2,1-4H3. The predicted octanol–water partition coefficient (Wildman–Crippen LogP) is 2.31. The molecule has 2 unspecified atom stereocenters. The van der Waals surface area contributed by atoms with E-state index in [1.54, 1.807) is 7.11 Å². The fourth-order valence-corrected chi connectivity index (χ4v) is 3.67. The van der Waals surface area contributed by atoms with E-state index in [-0.39, 0.29) is 5.60 Å². The van der Waals surface area contributed by atoms with Crippen molar-refractivity contribution < 1.29 is 4.74 Å². The number of rotatable bonds is 6. The van der Waals surface area contributed by atoms with Gasteiger partial charge in [-0.2, -0.15) is 11.8 Å². The first kappa shape index (κ1) is 14.3. The van der Waals surface area contributed by atoms with Crippen LogP contribution >= 0.6 is 11.8 Å². The summed E-state index contributed by atoms with van der Waals surface area (Å²) in [5, 5.41) is 0. The molecular weight excluding hydrogens is 220 g/mol. The van der Waals surface area contributed by atoms with Gasteiger partial charge in [0, 0.05) is 17.9 Å². The maximum atomic E-state index is 5.70. The van der Waals surface area contributed by atoms with Gasteiger partial charge in [0.25, 0.3) is 0 Å². The van der Waals surface area contributed by atoms with Crippen molar-refractivity contribution in [2.75, 3.05) is 12.9 Å². The zero-order valence-corrected chi connectivity index (χ0v) is 11.8. The van der Waals surface area contributed by atoms with Gasteiger partial charge in [-0.25, -0.2) is 0 Å². The Morgan fingerprint density at radius 1 is 1.56 bits per heavy atom. The molecule has 0 aromatic carbocycles. The van der Waals surface area contributed by atoms with Crippen LogP contribution in [0.4, 0.5) is 0 Å². The molecule has 1 aliphatic rings. The third-order valence-corrected chi connectivity index (χ3v) is 5.42. The molecule has 0 saturated carbocycles. The van der Waals surface area contributed by atoms with E-state index >= 15 is 0 Å². The Hall–Kier alpha value is 0.230. The summed E-state index contributed by atoms with van der Waals surface area (Å²) in [6.45, 7) is 6.59. The molecule has 0 bridgehead atoms. The molecular formula is C12H26N2OS. The van der Waals surface area contributed by atoms with Gasteiger partial charge in [-0.1, -0.05) is 0 Å². The normalized spacial score (nSPS) is 28.3. The number of hydrazine groups is 1. The van der Waals surface area contributed by atoms with Crippen LogP contribution in [0.5, 0.6) is 0 Å². The van der Waals surface area contributed by atoms with Crippen molar-refractivity contribution in [3.8, 4) is 0 Å². The summed E-state index contributed by atoms with van der Waals surface area (Å²) in [6, 6.07) is 0.384. The Kier molecular flexibility index (Phi) is 5.10. The Labute approximate surface area is 104 Å². The lowest BCUT2D eigenvalue weighted by Gasteiger charge is -2.35. The third-order valence-electron chi connectivity index (χ3n) is 3.78. The van der Waals surface area contributed by atoms with E-state index in [4.69, 9.17) is 10.6 Å². The summed E-state index contributed by atoms with van der Waals surface area (Å²) in [6.07, 6.45) is 4.68. The molecule has 2 atom stereocenters. The Morgan fingerprint density at radius 2 is 2.25 bits per heavy atom. The molecule has 1 saturated heterocycles. The van der Waals surface area contributed by atoms with Gasteiger partial charge in [-0.15, -0.1) is 0 Å². The lowest BCUT2D eigenvalue weighted by molar-refractivity contribution is 0.0109. The van der Waals surface area contributed by atoms with Crippen molar-refractivity contribution in [2.24, 2.45) is 5.84 Å². The van der Waals surface area contributed by atoms with Gasteiger partial charge >= 0.3 is 0 Å². The average molecular weight is 246 g/mol. The molecule has 0 radical (unpaired) electrons. The Bertz CT molecular complexity index is 215. The van der Waals surface area contributed by atoms with Gasteiger partial charge in [0.05, 0.1) is 5.60 Å². The first-order valence-electron chi connectivity index (χ1n) is 6.09. The van der Waals surface area contributed by atoms with Crippen molar-refractivity contribution in [3.63, 3.8) is 0 Å². The van der Waals surface area contributed by atoms with E-state index < -0.39 is 0 Å². The maximum absolute atomic E-state index is 5.70. The van der Waals surface area contributed by atoms with Crippen molar-refractivity contribution in [2.45, 2.75) is 62.8 Å². The molecule has 0 spiro atoms. The first-order chi connectivity index (χ1) is 7.43. The van der Waals surface area contributed by atoms with E-state index in [0.29, 0.717) is 10.8 Å². The highest BCUT2D eigenvalue weighted by atomic mass is 32.2. The topological polar surface area (TPSA) is 47.3 Å². The fraction of sp³-hybridized carbons (Fsp3) is 1.00. The number of nitrogens with one attached hydrogen (secondary N) is 1. The minimum absolute atomic E-state index is 0.0469. The molecule has 96 valence electrons. The molecule has 0 aromatic heterocycles. The second kappa shape index (κ2) is 5.71. The summed E-state index contributed by atoms with van der Waals surface area (Å²) >= 11 is 2.05. The zero-order chi connectivity index (χ0) is 12.2. The molecule has 16 heavy (non-hydrogen) atoms. The van der Waals surface area contributed by atoms with Crippen LogP contribution in [0.25, 0.3) is 0 Å². The summed E-state index contributed by atoms with van der Waals surface area (Å²) in [4.78, 5) is 0. The van der Waals surface area contributed by atoms with Crippen LogP contribution in [0.3, 0.4) is 0 Å². The minimum atomic E-state index is -0.0469. The lowest BCUT2D eigenvalue weighted by Crippen LogP contribution is -2.49. The molecule has 1 rings (SSSR count). The van der Waals surface area contributed by atoms with Crippen LogP contribution in [0.2, 0.25) is 0 Å². The van der Waals surface area contributed by atoms with Gasteiger partial charge in [0.15, 0.2) is 0 Å². The quantitative estimate of drug-likeness (QED) is 0.558. The van der Waals surface area contributed by atoms with E-state index in [0.717, 1.165) is 12.8 Å². The van der Waals surface area contributed by atoms with Crippen LogP contribution < -0.4 is 11.3 Å². The van der Waals surface area contributed by atoms with E-state index in [2.05, 4.69) is 38.0 Å². The average Bonchev–Trinajstić information content (AvgIpc) is 2.67. The van der Waals surface area contributed by atoms with E-state index in [9.17, 15) is 0 Å². The number of nitrogens with two attached hydrogens (primary N) is 1. The van der Waals surface area contributed by atoms with E-state index in [1.807, 2.05) is 0 Å². The highest BCUT2D eigenvalue weighted by Crippen LogP contribution is 2.41. The largest absolute Gasteiger partial charge is 0.379 e. The second-order valence-electron chi connectivity index (χ2n) is 5.49. The summed E-state index contributed by atoms with van der Waals surface area (Å²) in [7, 11) is 1.77. The SMILES string of the molecule is COC(C)(C)CCC(NN)C1(C)CCCS1. The molecule has 4 heteroatoms. The smallest absolute Gasteiger partial charge is 0.0623 e. The number of hydrogen-bond acceptors (Lipinski definition) is 4. The van der Waals surface area contributed by atoms with Gasteiger partial charge < -0.3 is 4.74 Å². The van der Waals surface area contributed by atoms with Crippen molar-refractivity contribution in [1.82, 2.24) is 5.43 Å². The molecule has 1 heterocycles. The van der Waals surface area contributed by atoms with Gasteiger partial charge in [0.1, 0.15) is 0 Å². The van der Waals surface area contributed by atoms with Crippen LogP contribution in [-0.4, -0.2) is 29.3 Å². The highest BCUT2D eigenvalue weighted by molar-refractivity contribution is 8.00. The molecule has 0 amide bonds. The van der Waals surface area contributed by atoms with Crippen LogP contribution in [-0.2, 0) is 4.74 Å². The van der Waals surface area contributed by atoms with Crippen LogP contribution in [0.15, 0.2) is 0 Å². The fourth-order valence-electron chi connectivity index (χ4n) is 2.23.